The van der Waals surface area contributed by atoms with Crippen molar-refractivity contribution in [2.24, 2.45) is 0 Å². The standard InChI is InChI=1S/C14H21BrN2O2/c1-3-9-16-12(4-2)7-5-11-6-8-13(17(18)19)10-14(11)15/h6,8,10,12,16H,3-5,7,9H2,1-2H3. The SMILES string of the molecule is CCCNC(CC)CCc1ccc([N+](=O)[O-])cc1Br. The van der Waals surface area contributed by atoms with Crippen molar-refractivity contribution < 1.29 is 4.92 Å². The number of rotatable bonds is 8. The number of nitrogens with zero attached hydrogens (tertiary/aromatic N) is 1. The fourth-order valence-corrected chi connectivity index (χ4v) is 2.55. The maximum absolute atomic E-state index is 10.7. The Hall–Kier alpha value is -0.940. The number of aryl methyl sites for hydroxylation is 1. The molecule has 0 aliphatic rings. The van der Waals surface area contributed by atoms with Gasteiger partial charge in [0.1, 0.15) is 0 Å². The van der Waals surface area contributed by atoms with Crippen LogP contribution in [0.25, 0.3) is 0 Å². The molecule has 0 bridgehead atoms. The van der Waals surface area contributed by atoms with Crippen LogP contribution in [0.5, 0.6) is 0 Å². The zero-order chi connectivity index (χ0) is 14.3. The molecule has 1 rings (SSSR count). The molecule has 1 aromatic carbocycles. The van der Waals surface area contributed by atoms with Crippen LogP contribution in [0.15, 0.2) is 22.7 Å². The zero-order valence-electron chi connectivity index (χ0n) is 11.5. The minimum Gasteiger partial charge on any atom is -0.314 e. The predicted octanol–water partition coefficient (Wildman–Crippen LogP) is 4.07. The van der Waals surface area contributed by atoms with E-state index < -0.39 is 0 Å². The second-order valence-electron chi connectivity index (χ2n) is 4.63. The molecule has 4 nitrogen and oxygen atoms in total. The quantitative estimate of drug-likeness (QED) is 0.578. The van der Waals surface area contributed by atoms with Gasteiger partial charge in [-0.3, -0.25) is 10.1 Å². The Balaban J connectivity index is 2.59. The van der Waals surface area contributed by atoms with Crippen LogP contribution in [-0.2, 0) is 6.42 Å². The van der Waals surface area contributed by atoms with Gasteiger partial charge in [0.15, 0.2) is 0 Å². The van der Waals surface area contributed by atoms with E-state index in [2.05, 4.69) is 35.1 Å². The fraction of sp³-hybridized carbons (Fsp3) is 0.571. The Morgan fingerprint density at radius 1 is 1.42 bits per heavy atom. The van der Waals surface area contributed by atoms with Gasteiger partial charge in [0.05, 0.1) is 4.92 Å². The molecule has 0 aromatic heterocycles. The molecule has 19 heavy (non-hydrogen) atoms. The molecule has 0 radical (unpaired) electrons. The van der Waals surface area contributed by atoms with E-state index in [0.717, 1.165) is 42.3 Å². The van der Waals surface area contributed by atoms with Gasteiger partial charge in [-0.2, -0.15) is 0 Å². The highest BCUT2D eigenvalue weighted by molar-refractivity contribution is 9.10. The van der Waals surface area contributed by atoms with Gasteiger partial charge in [0.25, 0.3) is 5.69 Å². The van der Waals surface area contributed by atoms with Crippen molar-refractivity contribution in [3.8, 4) is 0 Å². The van der Waals surface area contributed by atoms with Crippen molar-refractivity contribution in [3.05, 3.63) is 38.3 Å². The third-order valence-electron chi connectivity index (χ3n) is 3.19. The molecule has 0 amide bonds. The molecule has 0 aliphatic carbocycles. The van der Waals surface area contributed by atoms with Gasteiger partial charge in [0, 0.05) is 22.6 Å². The molecule has 5 heteroatoms. The lowest BCUT2D eigenvalue weighted by Gasteiger charge is -2.16. The van der Waals surface area contributed by atoms with E-state index in [1.165, 1.54) is 0 Å². The highest BCUT2D eigenvalue weighted by Gasteiger charge is 2.11. The first kappa shape index (κ1) is 16.1. The Morgan fingerprint density at radius 2 is 2.16 bits per heavy atom. The van der Waals surface area contributed by atoms with Crippen LogP contribution in [0.4, 0.5) is 5.69 Å². The number of nitrogens with one attached hydrogen (secondary N) is 1. The average molecular weight is 329 g/mol. The van der Waals surface area contributed by atoms with E-state index in [0.29, 0.717) is 6.04 Å². The predicted molar refractivity (Wildman–Crippen MR) is 81.5 cm³/mol. The van der Waals surface area contributed by atoms with E-state index in [4.69, 9.17) is 0 Å². The number of benzene rings is 1. The Labute approximate surface area is 122 Å². The molecule has 0 saturated heterocycles. The van der Waals surface area contributed by atoms with Gasteiger partial charge in [-0.1, -0.05) is 35.8 Å². The summed E-state index contributed by atoms with van der Waals surface area (Å²) in [6.45, 7) is 5.38. The van der Waals surface area contributed by atoms with Crippen LogP contribution in [0.1, 0.15) is 38.7 Å². The van der Waals surface area contributed by atoms with Gasteiger partial charge >= 0.3 is 0 Å². The highest BCUT2D eigenvalue weighted by Crippen LogP contribution is 2.24. The smallest absolute Gasteiger partial charge is 0.270 e. The number of hydrogen-bond acceptors (Lipinski definition) is 3. The summed E-state index contributed by atoms with van der Waals surface area (Å²) in [5, 5.41) is 14.2. The lowest BCUT2D eigenvalue weighted by molar-refractivity contribution is -0.384. The summed E-state index contributed by atoms with van der Waals surface area (Å²) < 4.78 is 0.826. The van der Waals surface area contributed by atoms with Crippen LogP contribution in [0.2, 0.25) is 0 Å². The summed E-state index contributed by atoms with van der Waals surface area (Å²) in [5.74, 6) is 0. The third kappa shape index (κ3) is 5.28. The zero-order valence-corrected chi connectivity index (χ0v) is 13.1. The monoisotopic (exact) mass is 328 g/mol. The molecule has 0 saturated carbocycles. The van der Waals surface area contributed by atoms with Crippen LogP contribution in [0.3, 0.4) is 0 Å². The van der Waals surface area contributed by atoms with E-state index in [-0.39, 0.29) is 10.6 Å². The van der Waals surface area contributed by atoms with Gasteiger partial charge in [0.2, 0.25) is 0 Å². The summed E-state index contributed by atoms with van der Waals surface area (Å²) >= 11 is 3.42. The summed E-state index contributed by atoms with van der Waals surface area (Å²) in [6.07, 6.45) is 4.21. The fourth-order valence-electron chi connectivity index (χ4n) is 1.98. The van der Waals surface area contributed by atoms with Crippen molar-refractivity contribution in [1.29, 1.82) is 0 Å². The topological polar surface area (TPSA) is 55.2 Å². The normalized spacial score (nSPS) is 12.4. The molecule has 106 valence electrons. The molecule has 1 aromatic rings. The highest BCUT2D eigenvalue weighted by atomic mass is 79.9. The van der Waals surface area contributed by atoms with Crippen LogP contribution in [0, 0.1) is 10.1 Å². The van der Waals surface area contributed by atoms with Crippen molar-refractivity contribution in [2.75, 3.05) is 6.54 Å². The molecular formula is C14H21BrN2O2. The first-order valence-electron chi connectivity index (χ1n) is 6.74. The Morgan fingerprint density at radius 3 is 2.68 bits per heavy atom. The van der Waals surface area contributed by atoms with Gasteiger partial charge in [-0.15, -0.1) is 0 Å². The van der Waals surface area contributed by atoms with E-state index >= 15 is 0 Å². The maximum Gasteiger partial charge on any atom is 0.270 e. The van der Waals surface area contributed by atoms with E-state index in [1.807, 2.05) is 6.07 Å². The molecular weight excluding hydrogens is 308 g/mol. The van der Waals surface area contributed by atoms with Crippen molar-refractivity contribution in [2.45, 2.75) is 45.6 Å². The molecule has 0 spiro atoms. The number of nitro benzene ring substituents is 1. The summed E-state index contributed by atoms with van der Waals surface area (Å²) in [4.78, 5) is 10.3. The molecule has 1 N–H and O–H groups in total. The number of hydrogen-bond donors (Lipinski definition) is 1. The molecule has 0 aliphatic heterocycles. The largest absolute Gasteiger partial charge is 0.314 e. The minimum atomic E-state index is -0.369. The third-order valence-corrected chi connectivity index (χ3v) is 3.92. The molecule has 1 atom stereocenters. The van der Waals surface area contributed by atoms with Crippen LogP contribution < -0.4 is 5.32 Å². The lowest BCUT2D eigenvalue weighted by Crippen LogP contribution is -2.29. The lowest BCUT2D eigenvalue weighted by atomic mass is 10.0. The number of nitro groups is 1. The van der Waals surface area contributed by atoms with Crippen molar-refractivity contribution >= 4 is 21.6 Å². The summed E-state index contributed by atoms with van der Waals surface area (Å²) in [5.41, 5.74) is 1.26. The first-order chi connectivity index (χ1) is 9.08. The van der Waals surface area contributed by atoms with Crippen LogP contribution in [-0.4, -0.2) is 17.5 Å². The van der Waals surface area contributed by atoms with Crippen molar-refractivity contribution in [3.63, 3.8) is 0 Å². The summed E-state index contributed by atoms with van der Waals surface area (Å²) in [6, 6.07) is 5.51. The maximum atomic E-state index is 10.7. The first-order valence-corrected chi connectivity index (χ1v) is 7.54. The van der Waals surface area contributed by atoms with E-state index in [1.54, 1.807) is 12.1 Å². The molecule has 0 fully saturated rings. The number of non-ortho nitro benzene ring substituents is 1. The van der Waals surface area contributed by atoms with Crippen molar-refractivity contribution in [1.82, 2.24) is 5.32 Å². The minimum absolute atomic E-state index is 0.131. The van der Waals surface area contributed by atoms with Gasteiger partial charge in [-0.05, 0) is 37.8 Å². The molecule has 1 unspecified atom stereocenters. The second kappa shape index (κ2) is 8.27. The Bertz CT molecular complexity index is 424. The van der Waals surface area contributed by atoms with Crippen LogP contribution >= 0.6 is 15.9 Å². The van der Waals surface area contributed by atoms with Gasteiger partial charge in [-0.25, -0.2) is 0 Å². The summed E-state index contributed by atoms with van der Waals surface area (Å²) in [7, 11) is 0. The second-order valence-corrected chi connectivity index (χ2v) is 5.49. The van der Waals surface area contributed by atoms with Gasteiger partial charge < -0.3 is 5.32 Å². The molecule has 0 heterocycles. The Kier molecular flexibility index (Phi) is 7.02. The van der Waals surface area contributed by atoms with E-state index in [9.17, 15) is 10.1 Å². The average Bonchev–Trinajstić information content (AvgIpc) is 2.40. The number of halogens is 1.